The number of likely N-dealkylation sites (N-methyl/N-ethyl adjacent to an activating group) is 1. The number of hydrogen-bond acceptors (Lipinski definition) is 5. The second-order valence-electron chi connectivity index (χ2n) is 6.12. The summed E-state index contributed by atoms with van der Waals surface area (Å²) in [5.41, 5.74) is 5.61. The second-order valence-corrected chi connectivity index (χ2v) is 6.12. The Bertz CT molecular complexity index is 873. The molecule has 1 N–H and O–H groups in total. The van der Waals surface area contributed by atoms with Crippen LogP contribution in [0.2, 0.25) is 0 Å². The van der Waals surface area contributed by atoms with Crippen molar-refractivity contribution in [3.05, 3.63) is 70.3 Å². The van der Waals surface area contributed by atoms with Gasteiger partial charge in [-0.2, -0.15) is 0 Å². The number of nitrogens with zero attached hydrogens (tertiary/aromatic N) is 2. The molecule has 0 saturated heterocycles. The van der Waals surface area contributed by atoms with Crippen molar-refractivity contribution >= 4 is 17.3 Å². The maximum Gasteiger partial charge on any atom is 0.273 e. The Morgan fingerprint density at radius 3 is 2.52 bits per heavy atom. The smallest absolute Gasteiger partial charge is 0.273 e. The van der Waals surface area contributed by atoms with Gasteiger partial charge in [0.25, 0.3) is 5.91 Å². The molecule has 0 fully saturated rings. The highest BCUT2D eigenvalue weighted by molar-refractivity contribution is 6.45. The highest BCUT2D eigenvalue weighted by Gasteiger charge is 2.19. The molecule has 27 heavy (non-hydrogen) atoms. The van der Waals surface area contributed by atoms with Crippen LogP contribution >= 0.6 is 0 Å². The molecule has 0 heterocycles. The summed E-state index contributed by atoms with van der Waals surface area (Å²) in [5, 5.41) is 10.7. The minimum Gasteiger partial charge on any atom is -0.398 e. The quantitative estimate of drug-likeness (QED) is 0.603. The van der Waals surface area contributed by atoms with Gasteiger partial charge in [-0.1, -0.05) is 58.3 Å². The Labute approximate surface area is 159 Å². The predicted octanol–water partition coefficient (Wildman–Crippen LogP) is 3.34. The van der Waals surface area contributed by atoms with Crippen molar-refractivity contribution in [2.45, 2.75) is 27.4 Å². The van der Waals surface area contributed by atoms with Crippen LogP contribution < -0.4 is 5.32 Å². The molecule has 0 aliphatic carbocycles. The van der Waals surface area contributed by atoms with Gasteiger partial charge in [0, 0.05) is 18.2 Å². The van der Waals surface area contributed by atoms with E-state index in [9.17, 15) is 4.79 Å². The molecule has 0 aliphatic rings. The van der Waals surface area contributed by atoms with E-state index in [2.05, 4.69) is 21.7 Å². The monoisotopic (exact) mass is 367 g/mol. The van der Waals surface area contributed by atoms with Crippen LogP contribution in [0.4, 0.5) is 0 Å². The van der Waals surface area contributed by atoms with Gasteiger partial charge < -0.3 is 15.0 Å². The molecule has 0 unspecified atom stereocenters. The molecule has 2 aromatic carbocycles. The number of carbonyl (C=O) groups excluding carboxylic acids is 1. The zero-order valence-electron chi connectivity index (χ0n) is 16.4. The maximum atomic E-state index is 12.2. The molecular weight excluding hydrogens is 342 g/mol. The highest BCUT2D eigenvalue weighted by atomic mass is 16.6. The first-order valence-corrected chi connectivity index (χ1v) is 8.63. The Kier molecular flexibility index (Phi) is 7.11. The van der Waals surface area contributed by atoms with E-state index in [0.29, 0.717) is 5.56 Å². The summed E-state index contributed by atoms with van der Waals surface area (Å²) in [6, 6.07) is 13.7. The third-order valence-electron chi connectivity index (χ3n) is 4.14. The van der Waals surface area contributed by atoms with Gasteiger partial charge in [-0.3, -0.25) is 4.79 Å². The summed E-state index contributed by atoms with van der Waals surface area (Å²) in [6.45, 7) is 6.10. The molecule has 0 saturated carbocycles. The number of hydrogen-bond donors (Lipinski definition) is 1. The number of benzene rings is 2. The van der Waals surface area contributed by atoms with Crippen molar-refractivity contribution in [3.8, 4) is 0 Å². The molecule has 142 valence electrons. The molecule has 0 atom stereocenters. The van der Waals surface area contributed by atoms with E-state index in [4.69, 9.17) is 9.68 Å². The van der Waals surface area contributed by atoms with Gasteiger partial charge in [0.1, 0.15) is 13.7 Å². The van der Waals surface area contributed by atoms with E-state index in [-0.39, 0.29) is 18.2 Å². The van der Waals surface area contributed by atoms with E-state index in [1.54, 1.807) is 7.05 Å². The molecule has 0 radical (unpaired) electrons. The van der Waals surface area contributed by atoms with E-state index in [0.717, 1.165) is 28.0 Å². The van der Waals surface area contributed by atoms with E-state index < -0.39 is 0 Å². The number of carbonyl (C=O) groups is 1. The summed E-state index contributed by atoms with van der Waals surface area (Å²) in [6.07, 6.45) is 0. The zero-order valence-corrected chi connectivity index (χ0v) is 16.4. The zero-order chi connectivity index (χ0) is 19.8. The van der Waals surface area contributed by atoms with Crippen molar-refractivity contribution in [1.82, 2.24) is 5.32 Å². The SMILES string of the molecule is CNC(=O)/C(=N/OC)c1cccc(C)c1CO/N=C(\C)c1cccc(C)c1. The van der Waals surface area contributed by atoms with Crippen LogP contribution in [0, 0.1) is 13.8 Å². The van der Waals surface area contributed by atoms with Crippen LogP contribution in [0.3, 0.4) is 0 Å². The molecule has 6 heteroatoms. The largest absolute Gasteiger partial charge is 0.398 e. The van der Waals surface area contributed by atoms with Crippen LogP contribution in [0.15, 0.2) is 52.8 Å². The Hall–Kier alpha value is -3.15. The number of oxime groups is 2. The molecule has 0 aromatic heterocycles. The van der Waals surface area contributed by atoms with Crippen LogP contribution in [0.1, 0.15) is 34.7 Å². The van der Waals surface area contributed by atoms with Gasteiger partial charge in [-0.15, -0.1) is 0 Å². The van der Waals surface area contributed by atoms with Crippen LogP contribution in [0.5, 0.6) is 0 Å². The molecule has 1 amide bonds. The van der Waals surface area contributed by atoms with Crippen molar-refractivity contribution in [3.63, 3.8) is 0 Å². The van der Waals surface area contributed by atoms with Gasteiger partial charge in [-0.25, -0.2) is 0 Å². The molecule has 0 bridgehead atoms. The number of rotatable bonds is 7. The van der Waals surface area contributed by atoms with Gasteiger partial charge in [0.05, 0.1) is 5.71 Å². The van der Waals surface area contributed by atoms with Gasteiger partial charge in [0.2, 0.25) is 0 Å². The van der Waals surface area contributed by atoms with E-state index >= 15 is 0 Å². The lowest BCUT2D eigenvalue weighted by atomic mass is 9.98. The lowest BCUT2D eigenvalue weighted by Gasteiger charge is -2.13. The lowest BCUT2D eigenvalue weighted by Crippen LogP contribution is -2.29. The van der Waals surface area contributed by atoms with Crippen molar-refractivity contribution in [2.75, 3.05) is 14.2 Å². The van der Waals surface area contributed by atoms with Crippen LogP contribution in [-0.2, 0) is 21.1 Å². The third kappa shape index (κ3) is 5.17. The second kappa shape index (κ2) is 9.52. The van der Waals surface area contributed by atoms with E-state index in [1.807, 2.05) is 57.2 Å². The summed E-state index contributed by atoms with van der Waals surface area (Å²) >= 11 is 0. The fourth-order valence-corrected chi connectivity index (χ4v) is 2.65. The Morgan fingerprint density at radius 2 is 1.85 bits per heavy atom. The predicted molar refractivity (Wildman–Crippen MR) is 107 cm³/mol. The Morgan fingerprint density at radius 1 is 1.11 bits per heavy atom. The summed E-state index contributed by atoms with van der Waals surface area (Å²) in [7, 11) is 2.96. The summed E-state index contributed by atoms with van der Waals surface area (Å²) in [5.74, 6) is -0.330. The Balaban J connectivity index is 2.27. The summed E-state index contributed by atoms with van der Waals surface area (Å²) in [4.78, 5) is 22.6. The van der Waals surface area contributed by atoms with E-state index in [1.165, 1.54) is 7.11 Å². The molecular formula is C21H25N3O3. The number of aryl methyl sites for hydroxylation is 2. The fraction of sp³-hybridized carbons (Fsp3) is 0.286. The van der Waals surface area contributed by atoms with Crippen LogP contribution in [-0.4, -0.2) is 31.5 Å². The van der Waals surface area contributed by atoms with Crippen molar-refractivity contribution in [2.24, 2.45) is 10.3 Å². The highest BCUT2D eigenvalue weighted by Crippen LogP contribution is 2.18. The first kappa shape index (κ1) is 20.2. The number of nitrogens with one attached hydrogen (secondary N) is 1. The summed E-state index contributed by atoms with van der Waals surface area (Å²) < 4.78 is 0. The topological polar surface area (TPSA) is 72.3 Å². The number of amides is 1. The van der Waals surface area contributed by atoms with Gasteiger partial charge in [0.15, 0.2) is 5.71 Å². The normalized spacial score (nSPS) is 11.9. The van der Waals surface area contributed by atoms with Gasteiger partial charge in [-0.05, 0) is 31.9 Å². The maximum absolute atomic E-state index is 12.2. The molecule has 2 aromatic rings. The first-order valence-electron chi connectivity index (χ1n) is 8.63. The molecule has 2 rings (SSSR count). The standard InChI is InChI=1S/C21H25N3O3/c1-14-8-6-10-17(12-14)16(3)23-27-13-19-15(2)9-7-11-18(19)20(24-26-5)21(25)22-4/h6-12H,13H2,1-5H3,(H,22,25)/b23-16+,24-20+. The average molecular weight is 367 g/mol. The van der Waals surface area contributed by atoms with Gasteiger partial charge >= 0.3 is 0 Å². The van der Waals surface area contributed by atoms with Crippen LogP contribution in [0.25, 0.3) is 0 Å². The first-order chi connectivity index (χ1) is 13.0. The van der Waals surface area contributed by atoms with Crippen molar-refractivity contribution < 1.29 is 14.5 Å². The molecule has 6 nitrogen and oxygen atoms in total. The molecule has 0 aliphatic heterocycles. The lowest BCUT2D eigenvalue weighted by molar-refractivity contribution is -0.114. The third-order valence-corrected chi connectivity index (χ3v) is 4.14. The average Bonchev–Trinajstić information content (AvgIpc) is 2.66. The van der Waals surface area contributed by atoms with Crippen molar-refractivity contribution in [1.29, 1.82) is 0 Å². The fourth-order valence-electron chi connectivity index (χ4n) is 2.65. The minimum atomic E-state index is -0.330. The minimum absolute atomic E-state index is 0.196. The molecule has 0 spiro atoms.